The Balaban J connectivity index is 2.29. The summed E-state index contributed by atoms with van der Waals surface area (Å²) in [6.45, 7) is 2.39. The van der Waals surface area contributed by atoms with E-state index in [2.05, 4.69) is 5.32 Å². The zero-order valence-corrected chi connectivity index (χ0v) is 10.3. The second-order valence-electron chi connectivity index (χ2n) is 4.48. The molecule has 1 fully saturated rings. The molecule has 0 saturated carbocycles. The molecule has 18 heavy (non-hydrogen) atoms. The number of piperazine rings is 1. The Labute approximate surface area is 105 Å². The van der Waals surface area contributed by atoms with Gasteiger partial charge in [0.2, 0.25) is 5.91 Å². The van der Waals surface area contributed by atoms with Gasteiger partial charge in [0.1, 0.15) is 5.82 Å². The van der Waals surface area contributed by atoms with Crippen LogP contribution in [0.1, 0.15) is 13.3 Å². The molecule has 2 unspecified atom stereocenters. The second-order valence-corrected chi connectivity index (χ2v) is 4.48. The Morgan fingerprint density at radius 1 is 1.50 bits per heavy atom. The third-order valence-electron chi connectivity index (χ3n) is 3.17. The number of benzene rings is 1. The average Bonchev–Trinajstić information content (AvgIpc) is 2.35. The lowest BCUT2D eigenvalue weighted by Gasteiger charge is -2.38. The van der Waals surface area contributed by atoms with E-state index in [0.717, 1.165) is 0 Å². The summed E-state index contributed by atoms with van der Waals surface area (Å²) in [5, 5.41) is 12.0. The van der Waals surface area contributed by atoms with Crippen LogP contribution in [0.3, 0.4) is 0 Å². The number of carbonyl (C=O) groups excluding carboxylic acids is 1. The Morgan fingerprint density at radius 2 is 2.22 bits per heavy atom. The van der Waals surface area contributed by atoms with Gasteiger partial charge in [-0.2, -0.15) is 0 Å². The number of halogens is 1. The summed E-state index contributed by atoms with van der Waals surface area (Å²) in [5.74, 6) is -0.588. The number of aliphatic hydroxyl groups excluding tert-OH is 1. The molecule has 0 aliphatic carbocycles. The molecular weight excluding hydrogens is 235 g/mol. The zero-order chi connectivity index (χ0) is 13.1. The molecule has 5 heteroatoms. The maximum atomic E-state index is 13.8. The van der Waals surface area contributed by atoms with Gasteiger partial charge in [0.25, 0.3) is 0 Å². The molecule has 1 amide bonds. The molecule has 2 atom stereocenters. The average molecular weight is 252 g/mol. The molecule has 1 aliphatic rings. The minimum absolute atomic E-state index is 0.0666. The normalized spacial score (nSPS) is 24.4. The topological polar surface area (TPSA) is 52.6 Å². The highest BCUT2D eigenvalue weighted by molar-refractivity contribution is 5.98. The Kier molecular flexibility index (Phi) is 3.93. The minimum Gasteiger partial charge on any atom is -0.396 e. The van der Waals surface area contributed by atoms with E-state index in [1.54, 1.807) is 18.2 Å². The molecule has 2 N–H and O–H groups in total. The molecule has 4 nitrogen and oxygen atoms in total. The number of anilines is 1. The number of nitrogens with one attached hydrogen (secondary N) is 1. The van der Waals surface area contributed by atoms with Gasteiger partial charge in [0.05, 0.1) is 11.7 Å². The van der Waals surface area contributed by atoms with Gasteiger partial charge in [-0.25, -0.2) is 4.39 Å². The van der Waals surface area contributed by atoms with Crippen molar-refractivity contribution in [2.75, 3.05) is 18.1 Å². The van der Waals surface area contributed by atoms with Crippen molar-refractivity contribution in [2.45, 2.75) is 25.4 Å². The molecule has 1 aromatic carbocycles. The van der Waals surface area contributed by atoms with Crippen LogP contribution in [-0.4, -0.2) is 36.2 Å². The van der Waals surface area contributed by atoms with E-state index < -0.39 is 11.9 Å². The van der Waals surface area contributed by atoms with Gasteiger partial charge in [-0.1, -0.05) is 12.1 Å². The van der Waals surface area contributed by atoms with Crippen LogP contribution in [0.4, 0.5) is 10.1 Å². The highest BCUT2D eigenvalue weighted by Crippen LogP contribution is 2.24. The van der Waals surface area contributed by atoms with Gasteiger partial charge in [0, 0.05) is 19.2 Å². The molecule has 1 aliphatic heterocycles. The molecule has 0 aromatic heterocycles. The fraction of sp³-hybridized carbons (Fsp3) is 0.462. The van der Waals surface area contributed by atoms with Crippen molar-refractivity contribution in [3.8, 4) is 0 Å². The van der Waals surface area contributed by atoms with Gasteiger partial charge >= 0.3 is 0 Å². The van der Waals surface area contributed by atoms with Crippen molar-refractivity contribution in [3.05, 3.63) is 30.1 Å². The standard InChI is InChI=1S/C13H17FN2O2/c1-9-8-15-11(6-7-17)13(18)16(9)12-5-3-2-4-10(12)14/h2-5,9,11,15,17H,6-8H2,1H3. The van der Waals surface area contributed by atoms with Crippen molar-refractivity contribution < 1.29 is 14.3 Å². The first-order valence-corrected chi connectivity index (χ1v) is 6.07. The first kappa shape index (κ1) is 13.0. The predicted octanol–water partition coefficient (Wildman–Crippen LogP) is 0.901. The highest BCUT2D eigenvalue weighted by atomic mass is 19.1. The SMILES string of the molecule is CC1CNC(CCO)C(=O)N1c1ccccc1F. The lowest BCUT2D eigenvalue weighted by atomic mass is 10.1. The van der Waals surface area contributed by atoms with E-state index in [-0.39, 0.29) is 18.6 Å². The van der Waals surface area contributed by atoms with Crippen LogP contribution < -0.4 is 10.2 Å². The Morgan fingerprint density at radius 3 is 2.89 bits per heavy atom. The number of rotatable bonds is 3. The smallest absolute Gasteiger partial charge is 0.244 e. The maximum Gasteiger partial charge on any atom is 0.244 e. The van der Waals surface area contributed by atoms with Gasteiger partial charge in [-0.05, 0) is 25.5 Å². The van der Waals surface area contributed by atoms with Crippen molar-refractivity contribution in [1.82, 2.24) is 5.32 Å². The van der Waals surface area contributed by atoms with E-state index in [1.165, 1.54) is 11.0 Å². The van der Waals surface area contributed by atoms with Gasteiger partial charge in [0.15, 0.2) is 0 Å². The van der Waals surface area contributed by atoms with Crippen molar-refractivity contribution in [2.24, 2.45) is 0 Å². The largest absolute Gasteiger partial charge is 0.396 e. The van der Waals surface area contributed by atoms with E-state index in [0.29, 0.717) is 18.7 Å². The summed E-state index contributed by atoms with van der Waals surface area (Å²) in [7, 11) is 0. The number of aliphatic hydroxyl groups is 1. The fourth-order valence-electron chi connectivity index (χ4n) is 2.23. The van der Waals surface area contributed by atoms with Gasteiger partial charge < -0.3 is 15.3 Å². The van der Waals surface area contributed by atoms with Gasteiger partial charge in [-0.15, -0.1) is 0 Å². The van der Waals surface area contributed by atoms with Crippen LogP contribution in [0.5, 0.6) is 0 Å². The highest BCUT2D eigenvalue weighted by Gasteiger charge is 2.34. The summed E-state index contributed by atoms with van der Waals surface area (Å²) in [4.78, 5) is 13.7. The summed E-state index contributed by atoms with van der Waals surface area (Å²) in [5.41, 5.74) is 0.305. The quantitative estimate of drug-likeness (QED) is 0.840. The first-order chi connectivity index (χ1) is 8.65. The predicted molar refractivity (Wildman–Crippen MR) is 66.8 cm³/mol. The van der Waals surface area contributed by atoms with Crippen LogP contribution in [0.2, 0.25) is 0 Å². The molecule has 0 spiro atoms. The lowest BCUT2D eigenvalue weighted by Crippen LogP contribution is -2.60. The first-order valence-electron chi connectivity index (χ1n) is 6.07. The molecule has 1 heterocycles. The maximum absolute atomic E-state index is 13.8. The van der Waals surface area contributed by atoms with E-state index in [1.807, 2.05) is 6.92 Å². The number of hydrogen-bond acceptors (Lipinski definition) is 3. The number of hydrogen-bond donors (Lipinski definition) is 2. The van der Waals surface area contributed by atoms with Crippen LogP contribution in [0, 0.1) is 5.82 Å². The minimum atomic E-state index is -0.439. The lowest BCUT2D eigenvalue weighted by molar-refractivity contribution is -0.122. The van der Waals surface area contributed by atoms with Crippen molar-refractivity contribution >= 4 is 11.6 Å². The Bertz CT molecular complexity index is 439. The third-order valence-corrected chi connectivity index (χ3v) is 3.17. The number of nitrogens with zero attached hydrogens (tertiary/aromatic N) is 1. The summed E-state index contributed by atoms with van der Waals surface area (Å²) in [6.07, 6.45) is 0.344. The number of amides is 1. The number of carbonyl (C=O) groups is 1. The Hall–Kier alpha value is -1.46. The van der Waals surface area contributed by atoms with Crippen LogP contribution >= 0.6 is 0 Å². The molecule has 2 rings (SSSR count). The van der Waals surface area contributed by atoms with Crippen LogP contribution in [-0.2, 0) is 4.79 Å². The van der Waals surface area contributed by atoms with E-state index in [4.69, 9.17) is 5.11 Å². The van der Waals surface area contributed by atoms with Crippen LogP contribution in [0.15, 0.2) is 24.3 Å². The summed E-state index contributed by atoms with van der Waals surface area (Å²) >= 11 is 0. The van der Waals surface area contributed by atoms with E-state index in [9.17, 15) is 9.18 Å². The monoisotopic (exact) mass is 252 g/mol. The molecular formula is C13H17FN2O2. The number of para-hydroxylation sites is 1. The fourth-order valence-corrected chi connectivity index (χ4v) is 2.23. The molecule has 1 aromatic rings. The van der Waals surface area contributed by atoms with Crippen molar-refractivity contribution in [1.29, 1.82) is 0 Å². The molecule has 0 radical (unpaired) electrons. The summed E-state index contributed by atoms with van der Waals surface area (Å²) in [6, 6.07) is 5.71. The third kappa shape index (κ3) is 2.37. The molecule has 1 saturated heterocycles. The molecule has 0 bridgehead atoms. The van der Waals surface area contributed by atoms with E-state index >= 15 is 0 Å². The van der Waals surface area contributed by atoms with Gasteiger partial charge in [-0.3, -0.25) is 4.79 Å². The molecule has 98 valence electrons. The summed E-state index contributed by atoms with van der Waals surface area (Å²) < 4.78 is 13.8. The zero-order valence-electron chi connectivity index (χ0n) is 10.3. The second kappa shape index (κ2) is 5.46. The van der Waals surface area contributed by atoms with Crippen LogP contribution in [0.25, 0.3) is 0 Å². The van der Waals surface area contributed by atoms with Crippen molar-refractivity contribution in [3.63, 3.8) is 0 Å².